The molecule has 0 amide bonds. The largest absolute Gasteiger partial charge is 0.299 e. The Balaban J connectivity index is 2.37. The second kappa shape index (κ2) is 4.01. The van der Waals surface area contributed by atoms with Crippen LogP contribution in [-0.2, 0) is 4.79 Å². The zero-order valence-corrected chi connectivity index (χ0v) is 11.0. The predicted octanol–water partition coefficient (Wildman–Crippen LogP) is 3.98. The lowest BCUT2D eigenvalue weighted by molar-refractivity contribution is -0.130. The third-order valence-electron chi connectivity index (χ3n) is 4.22. The first-order chi connectivity index (χ1) is 7.41. The van der Waals surface area contributed by atoms with E-state index in [1.807, 2.05) is 0 Å². The lowest BCUT2D eigenvalue weighted by Crippen LogP contribution is -2.41. The van der Waals surface area contributed by atoms with E-state index in [1.165, 1.54) is 24.8 Å². The smallest absolute Gasteiger partial charge is 0.143 e. The molecule has 0 heterocycles. The number of carbonyl (C=O) groups excluding carboxylic acids is 1. The molecule has 0 N–H and O–H groups in total. The van der Waals surface area contributed by atoms with Crippen molar-refractivity contribution in [2.45, 2.75) is 53.4 Å². The van der Waals surface area contributed by atoms with E-state index in [0.717, 1.165) is 6.42 Å². The topological polar surface area (TPSA) is 17.1 Å². The van der Waals surface area contributed by atoms with Crippen molar-refractivity contribution in [1.82, 2.24) is 0 Å². The van der Waals surface area contributed by atoms with Crippen LogP contribution in [0.15, 0.2) is 11.6 Å². The van der Waals surface area contributed by atoms with Gasteiger partial charge in [0, 0.05) is 11.8 Å². The average Bonchev–Trinajstić information content (AvgIpc) is 2.17. The van der Waals surface area contributed by atoms with Gasteiger partial charge in [0.2, 0.25) is 0 Å². The number of ketones is 1. The van der Waals surface area contributed by atoms with E-state index in [1.54, 1.807) is 0 Å². The average molecular weight is 220 g/mol. The Morgan fingerprint density at radius 2 is 2.00 bits per heavy atom. The van der Waals surface area contributed by atoms with Gasteiger partial charge in [0.15, 0.2) is 0 Å². The molecule has 3 atom stereocenters. The van der Waals surface area contributed by atoms with Crippen molar-refractivity contribution in [3.63, 3.8) is 0 Å². The summed E-state index contributed by atoms with van der Waals surface area (Å²) in [6.45, 7) is 8.74. The van der Waals surface area contributed by atoms with Gasteiger partial charge in [-0.1, -0.05) is 39.3 Å². The van der Waals surface area contributed by atoms with Crippen LogP contribution >= 0.6 is 0 Å². The Hall–Kier alpha value is -0.590. The second-order valence-electron chi connectivity index (χ2n) is 6.67. The van der Waals surface area contributed by atoms with Crippen molar-refractivity contribution in [2.75, 3.05) is 0 Å². The van der Waals surface area contributed by atoms with Crippen LogP contribution in [0.2, 0.25) is 0 Å². The molecule has 0 aliphatic heterocycles. The number of Topliss-reactive ketones (excluding diaryl/α,β-unsaturated/α-hetero) is 1. The van der Waals surface area contributed by atoms with Crippen LogP contribution in [0.5, 0.6) is 0 Å². The van der Waals surface area contributed by atoms with Crippen molar-refractivity contribution in [2.24, 2.45) is 23.2 Å². The molecule has 16 heavy (non-hydrogen) atoms. The van der Waals surface area contributed by atoms with Crippen LogP contribution < -0.4 is 0 Å². The Bertz CT molecular complexity index is 319. The van der Waals surface area contributed by atoms with Gasteiger partial charge in [-0.05, 0) is 37.0 Å². The highest BCUT2D eigenvalue weighted by Gasteiger charge is 2.43. The van der Waals surface area contributed by atoms with Gasteiger partial charge in [0.25, 0.3) is 0 Å². The maximum absolute atomic E-state index is 12.4. The zero-order valence-electron chi connectivity index (χ0n) is 11.0. The fourth-order valence-electron chi connectivity index (χ4n) is 3.49. The minimum atomic E-state index is 0.0905. The van der Waals surface area contributed by atoms with Crippen molar-refractivity contribution in [3.8, 4) is 0 Å². The molecule has 3 unspecified atom stereocenters. The summed E-state index contributed by atoms with van der Waals surface area (Å²) >= 11 is 0. The van der Waals surface area contributed by atoms with Crippen molar-refractivity contribution in [3.05, 3.63) is 11.6 Å². The summed E-state index contributed by atoms with van der Waals surface area (Å²) in [5.74, 6) is 1.63. The van der Waals surface area contributed by atoms with Crippen molar-refractivity contribution in [1.29, 1.82) is 0 Å². The molecule has 0 radical (unpaired) electrons. The molecule has 0 aromatic rings. The van der Waals surface area contributed by atoms with Crippen LogP contribution in [0.25, 0.3) is 0 Å². The van der Waals surface area contributed by atoms with Crippen molar-refractivity contribution < 1.29 is 4.79 Å². The number of hydrogen-bond donors (Lipinski definition) is 0. The summed E-state index contributed by atoms with van der Waals surface area (Å²) in [5.41, 5.74) is 1.56. The van der Waals surface area contributed by atoms with Gasteiger partial charge < -0.3 is 0 Å². The lowest BCUT2D eigenvalue weighted by Gasteiger charge is -2.43. The second-order valence-corrected chi connectivity index (χ2v) is 6.67. The standard InChI is InChI=1S/C15H24O/c1-10-9-11-7-5-6-8-12(11)13(14(10)16)15(2,3)4/h8,10-11,13H,5-7,9H2,1-4H3. The van der Waals surface area contributed by atoms with E-state index in [2.05, 4.69) is 33.8 Å². The van der Waals surface area contributed by atoms with E-state index < -0.39 is 0 Å². The molecule has 0 aromatic carbocycles. The minimum absolute atomic E-state index is 0.0905. The molecular weight excluding hydrogens is 196 g/mol. The molecule has 0 bridgehead atoms. The zero-order chi connectivity index (χ0) is 11.9. The first kappa shape index (κ1) is 11.9. The molecule has 0 saturated heterocycles. The molecule has 2 aliphatic rings. The van der Waals surface area contributed by atoms with Crippen LogP contribution in [0, 0.1) is 23.2 Å². The van der Waals surface area contributed by atoms with Crippen molar-refractivity contribution >= 4 is 5.78 Å². The third-order valence-corrected chi connectivity index (χ3v) is 4.22. The summed E-state index contributed by atoms with van der Waals surface area (Å²) in [4.78, 5) is 12.4. The monoisotopic (exact) mass is 220 g/mol. The van der Waals surface area contributed by atoms with E-state index in [4.69, 9.17) is 0 Å². The normalized spacial score (nSPS) is 35.6. The molecule has 2 rings (SSSR count). The highest BCUT2D eigenvalue weighted by Crippen LogP contribution is 2.47. The third kappa shape index (κ3) is 1.97. The number of allylic oxidation sites excluding steroid dienone is 2. The maximum Gasteiger partial charge on any atom is 0.143 e. The first-order valence-electron chi connectivity index (χ1n) is 6.65. The summed E-state index contributed by atoms with van der Waals surface area (Å²) in [6, 6.07) is 0. The van der Waals surface area contributed by atoms with Crippen LogP contribution in [0.4, 0.5) is 0 Å². The molecule has 1 heteroatoms. The molecule has 0 aromatic heterocycles. The molecule has 0 spiro atoms. The summed E-state index contributed by atoms with van der Waals surface area (Å²) < 4.78 is 0. The number of hydrogen-bond acceptors (Lipinski definition) is 1. The maximum atomic E-state index is 12.4. The minimum Gasteiger partial charge on any atom is -0.299 e. The Morgan fingerprint density at radius 3 is 2.62 bits per heavy atom. The molecule has 2 aliphatic carbocycles. The van der Waals surface area contributed by atoms with Crippen LogP contribution in [-0.4, -0.2) is 5.78 Å². The van der Waals surface area contributed by atoms with Gasteiger partial charge in [0.05, 0.1) is 0 Å². The van der Waals surface area contributed by atoms with Gasteiger partial charge in [-0.25, -0.2) is 0 Å². The Labute approximate surface area is 99.3 Å². The van der Waals surface area contributed by atoms with E-state index in [9.17, 15) is 4.79 Å². The SMILES string of the molecule is CC1CC2CCCC=C2C(C(C)(C)C)C1=O. The summed E-state index contributed by atoms with van der Waals surface area (Å²) in [7, 11) is 0. The quantitative estimate of drug-likeness (QED) is 0.564. The van der Waals surface area contributed by atoms with E-state index in [0.29, 0.717) is 11.7 Å². The molecule has 1 nitrogen and oxygen atoms in total. The van der Waals surface area contributed by atoms with Gasteiger partial charge in [-0.3, -0.25) is 4.79 Å². The first-order valence-corrected chi connectivity index (χ1v) is 6.65. The van der Waals surface area contributed by atoms with E-state index >= 15 is 0 Å². The summed E-state index contributed by atoms with van der Waals surface area (Å²) in [5, 5.41) is 0. The van der Waals surface area contributed by atoms with Gasteiger partial charge in [-0.15, -0.1) is 0 Å². The fourth-order valence-corrected chi connectivity index (χ4v) is 3.49. The summed E-state index contributed by atoms with van der Waals surface area (Å²) in [6.07, 6.45) is 7.26. The van der Waals surface area contributed by atoms with E-state index in [-0.39, 0.29) is 17.3 Å². The van der Waals surface area contributed by atoms with Crippen LogP contribution in [0.3, 0.4) is 0 Å². The molecule has 1 fully saturated rings. The van der Waals surface area contributed by atoms with Gasteiger partial charge in [0.1, 0.15) is 5.78 Å². The van der Waals surface area contributed by atoms with Gasteiger partial charge >= 0.3 is 0 Å². The molecule has 90 valence electrons. The number of rotatable bonds is 0. The number of fused-ring (bicyclic) bond motifs is 1. The molecule has 1 saturated carbocycles. The molecular formula is C15H24O. The predicted molar refractivity (Wildman–Crippen MR) is 67.2 cm³/mol. The highest BCUT2D eigenvalue weighted by atomic mass is 16.1. The van der Waals surface area contributed by atoms with Crippen LogP contribution in [0.1, 0.15) is 53.4 Å². The Kier molecular flexibility index (Phi) is 2.98. The lowest BCUT2D eigenvalue weighted by atomic mass is 9.60. The highest BCUT2D eigenvalue weighted by molar-refractivity contribution is 5.87. The Morgan fingerprint density at radius 1 is 1.31 bits per heavy atom. The fraction of sp³-hybridized carbons (Fsp3) is 0.800. The number of carbonyl (C=O) groups is 1. The van der Waals surface area contributed by atoms with Gasteiger partial charge in [-0.2, -0.15) is 0 Å².